The molecular weight excluding hydrogens is 244 g/mol. The number of rotatable bonds is 6. The molecule has 4 heteroatoms. The van der Waals surface area contributed by atoms with E-state index in [0.29, 0.717) is 12.6 Å². The van der Waals surface area contributed by atoms with Crippen LogP contribution >= 0.6 is 11.3 Å². The van der Waals surface area contributed by atoms with Gasteiger partial charge in [-0.1, -0.05) is 6.07 Å². The molecule has 2 N–H and O–H groups in total. The summed E-state index contributed by atoms with van der Waals surface area (Å²) in [4.78, 5) is 3.73. The Hall–Kier alpha value is -1.10. The number of nitrogens with two attached hydrogens (primary N) is 1. The Kier molecular flexibility index (Phi) is 4.58. The molecule has 0 saturated heterocycles. The van der Waals surface area contributed by atoms with Gasteiger partial charge in [0.15, 0.2) is 0 Å². The van der Waals surface area contributed by atoms with Crippen molar-refractivity contribution in [3.05, 3.63) is 46.0 Å². The van der Waals surface area contributed by atoms with Gasteiger partial charge >= 0.3 is 0 Å². The fourth-order valence-corrected chi connectivity index (χ4v) is 2.77. The number of nitrogens with zero attached hydrogens (tertiary/aromatic N) is 1. The molecule has 0 aliphatic rings. The minimum absolute atomic E-state index is 0.486. The zero-order chi connectivity index (χ0) is 13.0. The summed E-state index contributed by atoms with van der Waals surface area (Å²) in [6.45, 7) is 3.59. The maximum absolute atomic E-state index is 5.68. The first-order valence-corrected chi connectivity index (χ1v) is 7.06. The molecule has 2 heterocycles. The van der Waals surface area contributed by atoms with Crippen LogP contribution in [0.2, 0.25) is 0 Å². The van der Waals surface area contributed by atoms with Gasteiger partial charge in [-0.2, -0.15) is 0 Å². The van der Waals surface area contributed by atoms with Crippen molar-refractivity contribution in [3.8, 4) is 0 Å². The predicted molar refractivity (Wildman–Crippen MR) is 75.6 cm³/mol. The van der Waals surface area contributed by atoms with E-state index in [4.69, 9.17) is 10.2 Å². The maximum Gasteiger partial charge on any atom is 0.122 e. The van der Waals surface area contributed by atoms with E-state index in [-0.39, 0.29) is 0 Å². The summed E-state index contributed by atoms with van der Waals surface area (Å²) in [6, 6.07) is 6.73. The summed E-state index contributed by atoms with van der Waals surface area (Å²) >= 11 is 1.81. The van der Waals surface area contributed by atoms with E-state index in [9.17, 15) is 0 Å². The molecule has 0 fully saturated rings. The van der Waals surface area contributed by atoms with Gasteiger partial charge in [-0.15, -0.1) is 11.3 Å². The smallest absolute Gasteiger partial charge is 0.122 e. The van der Waals surface area contributed by atoms with Crippen molar-refractivity contribution < 1.29 is 4.42 Å². The number of furan rings is 1. The molecule has 0 aliphatic heterocycles. The Labute approximate surface area is 112 Å². The minimum Gasteiger partial charge on any atom is -0.468 e. The molecule has 2 aromatic rings. The van der Waals surface area contributed by atoms with Crippen molar-refractivity contribution in [2.45, 2.75) is 32.5 Å². The van der Waals surface area contributed by atoms with Crippen molar-refractivity contribution in [2.24, 2.45) is 5.73 Å². The highest BCUT2D eigenvalue weighted by atomic mass is 32.1. The zero-order valence-corrected chi connectivity index (χ0v) is 11.7. The van der Waals surface area contributed by atoms with Crippen LogP contribution in [0.3, 0.4) is 0 Å². The van der Waals surface area contributed by atoms with Crippen LogP contribution < -0.4 is 5.73 Å². The van der Waals surface area contributed by atoms with Crippen LogP contribution in [-0.2, 0) is 19.5 Å². The van der Waals surface area contributed by atoms with Gasteiger partial charge in [0, 0.05) is 23.0 Å². The first-order valence-electron chi connectivity index (χ1n) is 6.18. The topological polar surface area (TPSA) is 42.4 Å². The van der Waals surface area contributed by atoms with Gasteiger partial charge in [0.25, 0.3) is 0 Å². The van der Waals surface area contributed by atoms with E-state index in [1.807, 2.05) is 17.4 Å². The van der Waals surface area contributed by atoms with Crippen molar-refractivity contribution >= 4 is 11.3 Å². The van der Waals surface area contributed by atoms with E-state index in [1.54, 1.807) is 6.26 Å². The lowest BCUT2D eigenvalue weighted by Crippen LogP contribution is -2.30. The number of likely N-dealkylation sites (N-methyl/N-ethyl adjacent to an activating group) is 1. The van der Waals surface area contributed by atoms with Crippen LogP contribution in [0.4, 0.5) is 0 Å². The Morgan fingerprint density at radius 2 is 2.28 bits per heavy atom. The fourth-order valence-electron chi connectivity index (χ4n) is 1.95. The molecule has 0 spiro atoms. The third kappa shape index (κ3) is 3.22. The van der Waals surface area contributed by atoms with Crippen molar-refractivity contribution in [1.82, 2.24) is 4.90 Å². The molecule has 1 unspecified atom stereocenters. The average molecular weight is 264 g/mol. The van der Waals surface area contributed by atoms with E-state index in [2.05, 4.69) is 36.4 Å². The molecule has 18 heavy (non-hydrogen) atoms. The molecule has 0 bridgehead atoms. The lowest BCUT2D eigenvalue weighted by atomic mass is 10.1. The first-order chi connectivity index (χ1) is 8.70. The maximum atomic E-state index is 5.68. The molecule has 2 aromatic heterocycles. The van der Waals surface area contributed by atoms with Gasteiger partial charge < -0.3 is 10.2 Å². The molecule has 0 aromatic carbocycles. The standard InChI is InChI=1S/C14H20N2OS/c1-11(8-13-4-3-7-18-13)16(2)10-14-12(9-15)5-6-17-14/h3-7,11H,8-10,15H2,1-2H3. The predicted octanol–water partition coefficient (Wildman–Crippen LogP) is 2.86. The lowest BCUT2D eigenvalue weighted by molar-refractivity contribution is 0.228. The normalized spacial score (nSPS) is 13.1. The van der Waals surface area contributed by atoms with E-state index < -0.39 is 0 Å². The number of thiophene rings is 1. The average Bonchev–Trinajstić information content (AvgIpc) is 2.99. The molecular formula is C14H20N2OS. The quantitative estimate of drug-likeness (QED) is 0.872. The van der Waals surface area contributed by atoms with Gasteiger partial charge in [0.05, 0.1) is 12.8 Å². The minimum atomic E-state index is 0.486. The number of hydrogen-bond donors (Lipinski definition) is 1. The van der Waals surface area contributed by atoms with Crippen LogP contribution in [0, 0.1) is 0 Å². The van der Waals surface area contributed by atoms with Crippen LogP contribution in [0.1, 0.15) is 23.1 Å². The van der Waals surface area contributed by atoms with Gasteiger partial charge in [-0.3, -0.25) is 4.90 Å². The largest absolute Gasteiger partial charge is 0.468 e. The molecule has 0 radical (unpaired) electrons. The zero-order valence-electron chi connectivity index (χ0n) is 10.9. The van der Waals surface area contributed by atoms with E-state index in [0.717, 1.165) is 24.3 Å². The van der Waals surface area contributed by atoms with Crippen LogP contribution in [0.25, 0.3) is 0 Å². The highest BCUT2D eigenvalue weighted by Crippen LogP contribution is 2.17. The molecule has 1 atom stereocenters. The molecule has 0 amide bonds. The fraction of sp³-hybridized carbons (Fsp3) is 0.429. The second kappa shape index (κ2) is 6.18. The Bertz CT molecular complexity index is 464. The highest BCUT2D eigenvalue weighted by Gasteiger charge is 2.14. The summed E-state index contributed by atoms with van der Waals surface area (Å²) in [5.41, 5.74) is 6.78. The van der Waals surface area contributed by atoms with E-state index >= 15 is 0 Å². The van der Waals surface area contributed by atoms with Gasteiger partial charge in [0.1, 0.15) is 5.76 Å². The highest BCUT2D eigenvalue weighted by molar-refractivity contribution is 7.09. The lowest BCUT2D eigenvalue weighted by Gasteiger charge is -2.23. The molecule has 98 valence electrons. The van der Waals surface area contributed by atoms with Gasteiger partial charge in [-0.25, -0.2) is 0 Å². The summed E-state index contributed by atoms with van der Waals surface area (Å²) in [5, 5.41) is 2.13. The Balaban J connectivity index is 1.93. The van der Waals surface area contributed by atoms with Crippen molar-refractivity contribution in [2.75, 3.05) is 7.05 Å². The Morgan fingerprint density at radius 3 is 2.94 bits per heavy atom. The molecule has 0 aliphatic carbocycles. The second-order valence-electron chi connectivity index (χ2n) is 4.62. The second-order valence-corrected chi connectivity index (χ2v) is 5.65. The summed E-state index contributed by atoms with van der Waals surface area (Å²) in [5.74, 6) is 0.984. The monoisotopic (exact) mass is 264 g/mol. The summed E-state index contributed by atoms with van der Waals surface area (Å²) in [7, 11) is 2.13. The van der Waals surface area contributed by atoms with Gasteiger partial charge in [0.2, 0.25) is 0 Å². The molecule has 0 saturated carbocycles. The third-order valence-corrected chi connectivity index (χ3v) is 4.18. The third-order valence-electron chi connectivity index (χ3n) is 3.28. The van der Waals surface area contributed by atoms with E-state index in [1.165, 1.54) is 4.88 Å². The molecule has 2 rings (SSSR count). The SMILES string of the molecule is CC(Cc1cccs1)N(C)Cc1occc1CN. The number of hydrogen-bond acceptors (Lipinski definition) is 4. The summed E-state index contributed by atoms with van der Waals surface area (Å²) < 4.78 is 5.49. The van der Waals surface area contributed by atoms with Crippen LogP contribution in [0.15, 0.2) is 34.3 Å². The van der Waals surface area contributed by atoms with Gasteiger partial charge in [-0.05, 0) is 37.9 Å². The first kappa shape index (κ1) is 13.3. The molecule has 3 nitrogen and oxygen atoms in total. The Morgan fingerprint density at radius 1 is 1.44 bits per heavy atom. The van der Waals surface area contributed by atoms with Crippen molar-refractivity contribution in [1.29, 1.82) is 0 Å². The summed E-state index contributed by atoms with van der Waals surface area (Å²) in [6.07, 6.45) is 2.79. The van der Waals surface area contributed by atoms with Crippen LogP contribution in [0.5, 0.6) is 0 Å². The van der Waals surface area contributed by atoms with Crippen LogP contribution in [-0.4, -0.2) is 18.0 Å². The van der Waals surface area contributed by atoms with Crippen molar-refractivity contribution in [3.63, 3.8) is 0 Å².